The second kappa shape index (κ2) is 8.49. The minimum absolute atomic E-state index is 0.161. The van der Waals surface area contributed by atoms with Crippen LogP contribution in [0.3, 0.4) is 0 Å². The predicted octanol–water partition coefficient (Wildman–Crippen LogP) is 3.84. The first kappa shape index (κ1) is 17.9. The highest BCUT2D eigenvalue weighted by molar-refractivity contribution is 7.07. The van der Waals surface area contributed by atoms with Crippen LogP contribution in [0.4, 0.5) is 0 Å². The van der Waals surface area contributed by atoms with Gasteiger partial charge in [0.1, 0.15) is 12.4 Å². The van der Waals surface area contributed by atoms with Crippen molar-refractivity contribution < 1.29 is 9.53 Å². The molecule has 2 heterocycles. The smallest absolute Gasteiger partial charge is 0.251 e. The monoisotopic (exact) mass is 390 g/mol. The number of amides is 1. The summed E-state index contributed by atoms with van der Waals surface area (Å²) >= 11 is 1.53. The second-order valence-electron chi connectivity index (χ2n) is 6.11. The quantitative estimate of drug-likeness (QED) is 0.521. The normalized spacial score (nSPS) is 10.6. The lowest BCUT2D eigenvalue weighted by Gasteiger charge is -2.07. The Bertz CT molecular complexity index is 1050. The Labute approximate surface area is 166 Å². The molecule has 1 N–H and O–H groups in total. The van der Waals surface area contributed by atoms with E-state index in [0.29, 0.717) is 24.5 Å². The van der Waals surface area contributed by atoms with Gasteiger partial charge in [-0.2, -0.15) is 5.10 Å². The molecule has 0 radical (unpaired) electrons. The van der Waals surface area contributed by atoms with Gasteiger partial charge in [0.15, 0.2) is 0 Å². The van der Waals surface area contributed by atoms with Gasteiger partial charge in [-0.05, 0) is 30.3 Å². The zero-order chi connectivity index (χ0) is 19.2. The molecule has 0 bridgehead atoms. The van der Waals surface area contributed by atoms with E-state index in [1.54, 1.807) is 34.6 Å². The number of para-hydroxylation sites is 1. The standard InChI is InChI=1S/C21H18N4O2S/c26-21(17-5-4-8-20(9-17)27-13-18-14-28-15-23-18)22-10-16-11-24-25(12-16)19-6-2-1-3-7-19/h1-9,11-12,14-15H,10,13H2,(H,22,26). The summed E-state index contributed by atoms with van der Waals surface area (Å²) in [7, 11) is 0. The van der Waals surface area contributed by atoms with Crippen LogP contribution >= 0.6 is 11.3 Å². The number of rotatable bonds is 7. The summed E-state index contributed by atoms with van der Waals surface area (Å²) in [6, 6.07) is 17.0. The summed E-state index contributed by atoms with van der Waals surface area (Å²) in [4.78, 5) is 16.7. The topological polar surface area (TPSA) is 69.0 Å². The third-order valence-electron chi connectivity index (χ3n) is 4.08. The molecule has 4 aromatic rings. The molecule has 1 amide bonds. The Kier molecular flexibility index (Phi) is 5.44. The number of aromatic nitrogens is 3. The molecule has 0 aliphatic heterocycles. The third-order valence-corrected chi connectivity index (χ3v) is 4.71. The summed E-state index contributed by atoms with van der Waals surface area (Å²) in [5.41, 5.74) is 5.09. The first-order valence-electron chi connectivity index (χ1n) is 8.75. The number of nitrogens with zero attached hydrogens (tertiary/aromatic N) is 3. The lowest BCUT2D eigenvalue weighted by atomic mass is 10.2. The van der Waals surface area contributed by atoms with E-state index in [2.05, 4.69) is 15.4 Å². The molecule has 0 spiro atoms. The van der Waals surface area contributed by atoms with Crippen LogP contribution in [-0.4, -0.2) is 20.7 Å². The third kappa shape index (κ3) is 4.44. The zero-order valence-electron chi connectivity index (χ0n) is 15.0. The molecular formula is C21H18N4O2S. The number of ether oxygens (including phenoxy) is 1. The fourth-order valence-electron chi connectivity index (χ4n) is 2.65. The van der Waals surface area contributed by atoms with Crippen LogP contribution in [0.15, 0.2) is 77.9 Å². The number of carbonyl (C=O) groups excluding carboxylic acids is 1. The summed E-state index contributed by atoms with van der Waals surface area (Å²) in [6.45, 7) is 0.781. The van der Waals surface area contributed by atoms with Crippen molar-refractivity contribution in [1.82, 2.24) is 20.1 Å². The van der Waals surface area contributed by atoms with E-state index < -0.39 is 0 Å². The number of hydrogen-bond donors (Lipinski definition) is 1. The molecule has 0 saturated carbocycles. The number of nitrogens with one attached hydrogen (secondary N) is 1. The minimum atomic E-state index is -0.161. The molecule has 0 aliphatic rings. The maximum Gasteiger partial charge on any atom is 0.251 e. The summed E-state index contributed by atoms with van der Waals surface area (Å²) in [5, 5.41) is 9.20. The lowest BCUT2D eigenvalue weighted by Crippen LogP contribution is -2.22. The van der Waals surface area contributed by atoms with Gasteiger partial charge in [0, 0.05) is 29.2 Å². The van der Waals surface area contributed by atoms with Crippen molar-refractivity contribution in [3.05, 3.63) is 94.7 Å². The second-order valence-corrected chi connectivity index (χ2v) is 6.83. The van der Waals surface area contributed by atoms with Crippen molar-refractivity contribution >= 4 is 17.2 Å². The molecule has 0 aliphatic carbocycles. The van der Waals surface area contributed by atoms with Crippen LogP contribution in [0.25, 0.3) is 5.69 Å². The molecule has 0 fully saturated rings. The van der Waals surface area contributed by atoms with Gasteiger partial charge in [0.05, 0.1) is 23.1 Å². The van der Waals surface area contributed by atoms with Gasteiger partial charge >= 0.3 is 0 Å². The van der Waals surface area contributed by atoms with E-state index in [0.717, 1.165) is 16.9 Å². The Hall–Kier alpha value is -3.45. The van der Waals surface area contributed by atoms with Crippen LogP contribution < -0.4 is 10.1 Å². The van der Waals surface area contributed by atoms with Crippen LogP contribution in [-0.2, 0) is 13.2 Å². The lowest BCUT2D eigenvalue weighted by molar-refractivity contribution is 0.0950. The Balaban J connectivity index is 1.35. The summed E-state index contributed by atoms with van der Waals surface area (Å²) in [6.07, 6.45) is 3.66. The van der Waals surface area contributed by atoms with E-state index >= 15 is 0 Å². The molecule has 28 heavy (non-hydrogen) atoms. The molecule has 140 valence electrons. The van der Waals surface area contributed by atoms with Gasteiger partial charge in [-0.3, -0.25) is 4.79 Å². The fraction of sp³-hybridized carbons (Fsp3) is 0.0952. The molecule has 4 rings (SSSR count). The fourth-order valence-corrected chi connectivity index (χ4v) is 3.19. The van der Waals surface area contributed by atoms with E-state index in [4.69, 9.17) is 4.74 Å². The van der Waals surface area contributed by atoms with E-state index in [-0.39, 0.29) is 5.91 Å². The molecule has 2 aromatic heterocycles. The van der Waals surface area contributed by atoms with Gasteiger partial charge < -0.3 is 10.1 Å². The van der Waals surface area contributed by atoms with Crippen LogP contribution in [0.2, 0.25) is 0 Å². The molecule has 0 unspecified atom stereocenters. The molecule has 0 saturated heterocycles. The first-order valence-corrected chi connectivity index (χ1v) is 9.69. The molecule has 2 aromatic carbocycles. The summed E-state index contributed by atoms with van der Waals surface area (Å²) < 4.78 is 7.49. The predicted molar refractivity (Wildman–Crippen MR) is 108 cm³/mol. The van der Waals surface area contributed by atoms with E-state index in [1.807, 2.05) is 48.0 Å². The Morgan fingerprint density at radius 3 is 2.86 bits per heavy atom. The van der Waals surface area contributed by atoms with Crippen molar-refractivity contribution in [2.75, 3.05) is 0 Å². The highest BCUT2D eigenvalue weighted by Crippen LogP contribution is 2.16. The Morgan fingerprint density at radius 2 is 2.04 bits per heavy atom. The first-order chi connectivity index (χ1) is 13.8. The van der Waals surface area contributed by atoms with Crippen molar-refractivity contribution in [2.45, 2.75) is 13.2 Å². The van der Waals surface area contributed by atoms with Gasteiger partial charge in [0.2, 0.25) is 0 Å². The van der Waals surface area contributed by atoms with E-state index in [9.17, 15) is 4.79 Å². The number of benzene rings is 2. The largest absolute Gasteiger partial charge is 0.487 e. The highest BCUT2D eigenvalue weighted by Gasteiger charge is 2.08. The molecule has 6 nitrogen and oxygen atoms in total. The van der Waals surface area contributed by atoms with Crippen LogP contribution in [0.1, 0.15) is 21.6 Å². The Morgan fingerprint density at radius 1 is 1.14 bits per heavy atom. The maximum atomic E-state index is 12.5. The van der Waals surface area contributed by atoms with Gasteiger partial charge in [-0.1, -0.05) is 24.3 Å². The maximum absolute atomic E-state index is 12.5. The van der Waals surface area contributed by atoms with Crippen molar-refractivity contribution in [1.29, 1.82) is 0 Å². The van der Waals surface area contributed by atoms with Crippen molar-refractivity contribution in [2.24, 2.45) is 0 Å². The van der Waals surface area contributed by atoms with Crippen LogP contribution in [0, 0.1) is 0 Å². The average Bonchev–Trinajstić information content (AvgIpc) is 3.43. The zero-order valence-corrected chi connectivity index (χ0v) is 15.8. The minimum Gasteiger partial charge on any atom is -0.487 e. The SMILES string of the molecule is O=C(NCc1cnn(-c2ccccc2)c1)c1cccc(OCc2cscn2)c1. The number of carbonyl (C=O) groups is 1. The molecular weight excluding hydrogens is 372 g/mol. The number of thiazole rings is 1. The van der Waals surface area contributed by atoms with Crippen molar-refractivity contribution in [3.8, 4) is 11.4 Å². The van der Waals surface area contributed by atoms with E-state index in [1.165, 1.54) is 11.3 Å². The van der Waals surface area contributed by atoms with Crippen LogP contribution in [0.5, 0.6) is 5.75 Å². The average molecular weight is 390 g/mol. The number of hydrogen-bond acceptors (Lipinski definition) is 5. The van der Waals surface area contributed by atoms with Gasteiger partial charge in [0.25, 0.3) is 5.91 Å². The van der Waals surface area contributed by atoms with Gasteiger partial charge in [-0.15, -0.1) is 11.3 Å². The van der Waals surface area contributed by atoms with Gasteiger partial charge in [-0.25, -0.2) is 9.67 Å². The molecule has 0 atom stereocenters. The highest BCUT2D eigenvalue weighted by atomic mass is 32.1. The van der Waals surface area contributed by atoms with Crippen molar-refractivity contribution in [3.63, 3.8) is 0 Å². The summed E-state index contributed by atoms with van der Waals surface area (Å²) in [5.74, 6) is 0.476. The molecule has 7 heteroatoms.